The molecule has 0 radical (unpaired) electrons. The second-order valence-corrected chi connectivity index (χ2v) is 5.98. The number of aromatic nitrogens is 2. The minimum atomic E-state index is -0.0755. The average molecular weight is 329 g/mol. The Labute approximate surface area is 122 Å². The summed E-state index contributed by atoms with van der Waals surface area (Å²) in [7, 11) is 2.15. The maximum Gasteiger partial charge on any atom is 0.283 e. The molecule has 0 spiro atoms. The van der Waals surface area contributed by atoms with Crippen LogP contribution in [-0.2, 0) is 6.54 Å². The number of piperidine rings is 1. The highest BCUT2D eigenvalue weighted by Crippen LogP contribution is 2.23. The molecule has 1 fully saturated rings. The van der Waals surface area contributed by atoms with Gasteiger partial charge in [0.15, 0.2) is 0 Å². The largest absolute Gasteiger partial charge is 0.380 e. The molecule has 1 aliphatic rings. The van der Waals surface area contributed by atoms with Gasteiger partial charge in [-0.1, -0.05) is 0 Å². The van der Waals surface area contributed by atoms with Gasteiger partial charge in [0.1, 0.15) is 4.47 Å². The predicted molar refractivity (Wildman–Crippen MR) is 80.6 cm³/mol. The molecule has 2 atom stereocenters. The SMILES string of the molecule is CCn1ncc(NC2CCN(C)C(C)C2)c(Br)c1=O. The van der Waals surface area contributed by atoms with E-state index in [0.717, 1.165) is 25.1 Å². The van der Waals surface area contributed by atoms with Crippen molar-refractivity contribution < 1.29 is 0 Å². The molecule has 0 bridgehead atoms. The highest BCUT2D eigenvalue weighted by atomic mass is 79.9. The lowest BCUT2D eigenvalue weighted by atomic mass is 9.99. The summed E-state index contributed by atoms with van der Waals surface area (Å²) < 4.78 is 2.03. The number of hydrogen-bond acceptors (Lipinski definition) is 4. The fourth-order valence-corrected chi connectivity index (χ4v) is 2.85. The van der Waals surface area contributed by atoms with E-state index in [1.165, 1.54) is 4.68 Å². The number of nitrogens with one attached hydrogen (secondary N) is 1. The first kappa shape index (κ1) is 14.5. The fourth-order valence-electron chi connectivity index (χ4n) is 2.43. The van der Waals surface area contributed by atoms with E-state index < -0.39 is 0 Å². The van der Waals surface area contributed by atoms with Gasteiger partial charge in [0.2, 0.25) is 0 Å². The van der Waals surface area contributed by atoms with Crippen LogP contribution in [0.25, 0.3) is 0 Å². The molecule has 1 aromatic rings. The van der Waals surface area contributed by atoms with Gasteiger partial charge < -0.3 is 10.2 Å². The van der Waals surface area contributed by atoms with Gasteiger partial charge in [-0.05, 0) is 49.7 Å². The molecular formula is C13H21BrN4O. The number of hydrogen-bond donors (Lipinski definition) is 1. The van der Waals surface area contributed by atoms with E-state index in [2.05, 4.69) is 45.2 Å². The van der Waals surface area contributed by atoms with Gasteiger partial charge in [-0.2, -0.15) is 5.10 Å². The molecule has 0 aromatic carbocycles. The van der Waals surface area contributed by atoms with Crippen molar-refractivity contribution in [2.75, 3.05) is 18.9 Å². The first-order valence-corrected chi connectivity index (χ1v) is 7.54. The van der Waals surface area contributed by atoms with Crippen molar-refractivity contribution in [3.8, 4) is 0 Å². The van der Waals surface area contributed by atoms with Crippen molar-refractivity contribution in [3.63, 3.8) is 0 Å². The lowest BCUT2D eigenvalue weighted by molar-refractivity contribution is 0.190. The average Bonchev–Trinajstić information content (AvgIpc) is 2.40. The van der Waals surface area contributed by atoms with E-state index in [9.17, 15) is 4.79 Å². The Morgan fingerprint density at radius 1 is 1.58 bits per heavy atom. The van der Waals surface area contributed by atoms with E-state index in [0.29, 0.717) is 23.1 Å². The summed E-state index contributed by atoms with van der Waals surface area (Å²) >= 11 is 3.38. The summed E-state index contributed by atoms with van der Waals surface area (Å²) in [5.41, 5.74) is 0.727. The van der Waals surface area contributed by atoms with Gasteiger partial charge in [0, 0.05) is 25.2 Å². The summed E-state index contributed by atoms with van der Waals surface area (Å²) in [6, 6.07) is 0.968. The van der Waals surface area contributed by atoms with Crippen molar-refractivity contribution in [1.82, 2.24) is 14.7 Å². The third-order valence-electron chi connectivity index (χ3n) is 3.85. The summed E-state index contributed by atoms with van der Waals surface area (Å²) in [5, 5.41) is 7.60. The number of anilines is 1. The van der Waals surface area contributed by atoms with Crippen LogP contribution in [-0.4, -0.2) is 40.4 Å². The Morgan fingerprint density at radius 2 is 2.32 bits per heavy atom. The van der Waals surface area contributed by atoms with Crippen LogP contribution in [0.3, 0.4) is 0 Å². The first-order valence-electron chi connectivity index (χ1n) is 6.75. The molecular weight excluding hydrogens is 308 g/mol. The van der Waals surface area contributed by atoms with Crippen molar-refractivity contribution in [3.05, 3.63) is 21.0 Å². The number of likely N-dealkylation sites (tertiary alicyclic amines) is 1. The number of nitrogens with zero attached hydrogens (tertiary/aromatic N) is 3. The summed E-state index contributed by atoms with van der Waals surface area (Å²) in [4.78, 5) is 14.3. The zero-order chi connectivity index (χ0) is 14.0. The van der Waals surface area contributed by atoms with Crippen molar-refractivity contribution in [1.29, 1.82) is 0 Å². The highest BCUT2D eigenvalue weighted by Gasteiger charge is 2.23. The van der Waals surface area contributed by atoms with Gasteiger partial charge in [0.25, 0.3) is 5.56 Å². The third-order valence-corrected chi connectivity index (χ3v) is 4.62. The lowest BCUT2D eigenvalue weighted by Gasteiger charge is -2.35. The van der Waals surface area contributed by atoms with Gasteiger partial charge in [0.05, 0.1) is 11.9 Å². The fraction of sp³-hybridized carbons (Fsp3) is 0.692. The van der Waals surface area contributed by atoms with E-state index in [4.69, 9.17) is 0 Å². The summed E-state index contributed by atoms with van der Waals surface area (Å²) in [6.07, 6.45) is 3.90. The molecule has 1 N–H and O–H groups in total. The summed E-state index contributed by atoms with van der Waals surface area (Å²) in [6.45, 7) is 5.81. The molecule has 2 rings (SSSR count). The van der Waals surface area contributed by atoms with E-state index in [-0.39, 0.29) is 5.56 Å². The van der Waals surface area contributed by atoms with Crippen molar-refractivity contribution >= 4 is 21.6 Å². The number of aryl methyl sites for hydroxylation is 1. The Hall–Kier alpha value is -0.880. The van der Waals surface area contributed by atoms with Crippen LogP contribution in [0.1, 0.15) is 26.7 Å². The summed E-state index contributed by atoms with van der Waals surface area (Å²) in [5.74, 6) is 0. The predicted octanol–water partition coefficient (Wildman–Crippen LogP) is 1.92. The zero-order valence-corrected chi connectivity index (χ0v) is 13.3. The van der Waals surface area contributed by atoms with Gasteiger partial charge in [-0.25, -0.2) is 4.68 Å². The van der Waals surface area contributed by atoms with Gasteiger partial charge in [-0.3, -0.25) is 4.79 Å². The van der Waals surface area contributed by atoms with Crippen LogP contribution < -0.4 is 10.9 Å². The second-order valence-electron chi connectivity index (χ2n) is 5.19. The smallest absolute Gasteiger partial charge is 0.283 e. The molecule has 19 heavy (non-hydrogen) atoms. The van der Waals surface area contributed by atoms with Crippen molar-refractivity contribution in [2.45, 2.75) is 45.3 Å². The molecule has 6 heteroatoms. The highest BCUT2D eigenvalue weighted by molar-refractivity contribution is 9.10. The lowest BCUT2D eigenvalue weighted by Crippen LogP contribution is -2.42. The standard InChI is InChI=1S/C13H21BrN4O/c1-4-18-13(19)12(14)11(8-15-18)16-10-5-6-17(3)9(2)7-10/h8-10,16H,4-7H2,1-3H3. The molecule has 106 valence electrons. The minimum Gasteiger partial charge on any atom is -0.380 e. The molecule has 0 saturated carbocycles. The normalized spacial score (nSPS) is 24.4. The maximum absolute atomic E-state index is 12.0. The van der Waals surface area contributed by atoms with Crippen LogP contribution in [0, 0.1) is 0 Å². The first-order chi connectivity index (χ1) is 9.02. The quantitative estimate of drug-likeness (QED) is 0.921. The molecule has 0 aliphatic carbocycles. The Balaban J connectivity index is 2.12. The van der Waals surface area contributed by atoms with Gasteiger partial charge in [-0.15, -0.1) is 0 Å². The van der Waals surface area contributed by atoms with Crippen LogP contribution >= 0.6 is 15.9 Å². The van der Waals surface area contributed by atoms with Crippen LogP contribution in [0.5, 0.6) is 0 Å². The molecule has 1 aliphatic heterocycles. The number of halogens is 1. The number of rotatable bonds is 3. The third kappa shape index (κ3) is 3.17. The van der Waals surface area contributed by atoms with Crippen LogP contribution in [0.15, 0.2) is 15.5 Å². The van der Waals surface area contributed by atoms with E-state index in [1.807, 2.05) is 6.92 Å². The molecule has 1 saturated heterocycles. The van der Waals surface area contributed by atoms with Gasteiger partial charge >= 0.3 is 0 Å². The topological polar surface area (TPSA) is 50.2 Å². The minimum absolute atomic E-state index is 0.0755. The Bertz CT molecular complexity index is 502. The zero-order valence-electron chi connectivity index (χ0n) is 11.7. The monoisotopic (exact) mass is 328 g/mol. The maximum atomic E-state index is 12.0. The Kier molecular flexibility index (Phi) is 4.62. The molecule has 2 unspecified atom stereocenters. The molecule has 2 heterocycles. The van der Waals surface area contributed by atoms with E-state index in [1.54, 1.807) is 6.20 Å². The molecule has 0 amide bonds. The molecule has 5 nitrogen and oxygen atoms in total. The Morgan fingerprint density at radius 3 is 2.95 bits per heavy atom. The second kappa shape index (κ2) is 6.05. The van der Waals surface area contributed by atoms with E-state index >= 15 is 0 Å². The van der Waals surface area contributed by atoms with Crippen LogP contribution in [0.4, 0.5) is 5.69 Å². The van der Waals surface area contributed by atoms with Crippen molar-refractivity contribution in [2.24, 2.45) is 0 Å². The molecule has 1 aromatic heterocycles. The van der Waals surface area contributed by atoms with Crippen LogP contribution in [0.2, 0.25) is 0 Å².